The Morgan fingerprint density at radius 3 is 2.59 bits per heavy atom. The Labute approximate surface area is 166 Å². The highest BCUT2D eigenvalue weighted by Gasteiger charge is 2.42. The Balaban J connectivity index is 2.70. The molecule has 2 rings (SSSR count). The standard InChI is InChI=1S/C18H20ClN3O4S/c1-9-13(16(23)25-2)14(10-5-4-6-11(19)7-10)15(17(24)26-3)12(22-9)8-27-18(20)21/h4-7,13-14H,8H2,1-3H3,(H3,20,21). The predicted octanol–water partition coefficient (Wildman–Crippen LogP) is 2.74. The van der Waals surface area contributed by atoms with Crippen molar-refractivity contribution in [1.82, 2.24) is 0 Å². The van der Waals surface area contributed by atoms with E-state index in [1.165, 1.54) is 14.2 Å². The van der Waals surface area contributed by atoms with Crippen molar-refractivity contribution in [2.24, 2.45) is 16.6 Å². The molecule has 1 heterocycles. The summed E-state index contributed by atoms with van der Waals surface area (Å²) in [6, 6.07) is 6.92. The molecule has 9 heteroatoms. The minimum absolute atomic E-state index is 0.103. The summed E-state index contributed by atoms with van der Waals surface area (Å²) in [5, 5.41) is 7.79. The molecular formula is C18H20ClN3O4S. The predicted molar refractivity (Wildman–Crippen MR) is 106 cm³/mol. The van der Waals surface area contributed by atoms with Gasteiger partial charge in [0.2, 0.25) is 0 Å². The molecule has 2 atom stereocenters. The normalized spacial score (nSPS) is 19.3. The molecule has 1 aromatic carbocycles. The Bertz CT molecular complexity index is 838. The highest BCUT2D eigenvalue weighted by molar-refractivity contribution is 8.13. The van der Waals surface area contributed by atoms with Crippen LogP contribution in [0.5, 0.6) is 0 Å². The Hall–Kier alpha value is -2.32. The maximum absolute atomic E-state index is 12.6. The smallest absolute Gasteiger partial charge is 0.336 e. The highest BCUT2D eigenvalue weighted by Crippen LogP contribution is 2.41. The number of nitrogens with two attached hydrogens (primary N) is 1. The highest BCUT2D eigenvalue weighted by atomic mass is 35.5. The minimum atomic E-state index is -0.798. The number of benzene rings is 1. The number of carbonyl (C=O) groups is 2. The molecule has 3 N–H and O–H groups in total. The van der Waals surface area contributed by atoms with Gasteiger partial charge in [0, 0.05) is 22.4 Å². The first-order chi connectivity index (χ1) is 12.8. The fraction of sp³-hybridized carbons (Fsp3) is 0.333. The molecule has 0 saturated heterocycles. The number of hydrogen-bond acceptors (Lipinski definition) is 7. The number of amidine groups is 1. The number of thioether (sulfide) groups is 1. The lowest BCUT2D eigenvalue weighted by Crippen LogP contribution is -2.36. The maximum Gasteiger partial charge on any atom is 0.336 e. The van der Waals surface area contributed by atoms with Gasteiger partial charge in [-0.05, 0) is 24.6 Å². The summed E-state index contributed by atoms with van der Waals surface area (Å²) in [5.74, 6) is -2.40. The van der Waals surface area contributed by atoms with Crippen molar-refractivity contribution in [3.63, 3.8) is 0 Å². The summed E-state index contributed by atoms with van der Waals surface area (Å²) in [6.45, 7) is 1.70. The van der Waals surface area contributed by atoms with E-state index in [0.717, 1.165) is 11.8 Å². The van der Waals surface area contributed by atoms with Gasteiger partial charge in [-0.1, -0.05) is 35.5 Å². The molecule has 7 nitrogen and oxygen atoms in total. The molecule has 0 spiro atoms. The van der Waals surface area contributed by atoms with Crippen LogP contribution >= 0.6 is 23.4 Å². The van der Waals surface area contributed by atoms with Gasteiger partial charge in [-0.25, -0.2) is 4.79 Å². The molecule has 0 aromatic heterocycles. The zero-order chi connectivity index (χ0) is 20.1. The number of ether oxygens (including phenoxy) is 2. The second-order valence-electron chi connectivity index (χ2n) is 5.79. The second-order valence-corrected chi connectivity index (χ2v) is 7.25. The number of hydrogen-bond donors (Lipinski definition) is 2. The molecular weight excluding hydrogens is 390 g/mol. The summed E-state index contributed by atoms with van der Waals surface area (Å²) in [7, 11) is 2.55. The van der Waals surface area contributed by atoms with Gasteiger partial charge in [0.25, 0.3) is 0 Å². The molecule has 0 amide bonds. The average molecular weight is 410 g/mol. The van der Waals surface area contributed by atoms with Crippen LogP contribution in [0.4, 0.5) is 0 Å². The Kier molecular flexibility index (Phi) is 7.04. The fourth-order valence-corrected chi connectivity index (χ4v) is 3.74. The summed E-state index contributed by atoms with van der Waals surface area (Å²) in [6.07, 6.45) is 0. The molecule has 0 radical (unpaired) electrons. The van der Waals surface area contributed by atoms with E-state index in [4.69, 9.17) is 32.2 Å². The van der Waals surface area contributed by atoms with Gasteiger partial charge in [-0.15, -0.1) is 0 Å². The van der Waals surface area contributed by atoms with E-state index in [1.54, 1.807) is 31.2 Å². The average Bonchev–Trinajstić information content (AvgIpc) is 2.64. The SMILES string of the molecule is COC(=O)C1=C(CSC(=N)N)N=C(C)C(C(=O)OC)C1c1cccc(Cl)c1. The summed E-state index contributed by atoms with van der Waals surface area (Å²) < 4.78 is 9.91. The molecule has 2 unspecified atom stereocenters. The lowest BCUT2D eigenvalue weighted by Gasteiger charge is -2.31. The van der Waals surface area contributed by atoms with Crippen LogP contribution in [0.3, 0.4) is 0 Å². The third-order valence-corrected chi connectivity index (χ3v) is 5.11. The van der Waals surface area contributed by atoms with Gasteiger partial charge in [0.1, 0.15) is 5.92 Å². The number of halogens is 1. The first-order valence-electron chi connectivity index (χ1n) is 7.96. The summed E-state index contributed by atoms with van der Waals surface area (Å²) >= 11 is 7.17. The molecule has 1 aliphatic heterocycles. The van der Waals surface area contributed by atoms with E-state index in [2.05, 4.69) is 4.99 Å². The lowest BCUT2D eigenvalue weighted by atomic mass is 9.75. The van der Waals surface area contributed by atoms with Crippen molar-refractivity contribution in [1.29, 1.82) is 5.41 Å². The summed E-state index contributed by atoms with van der Waals surface area (Å²) in [4.78, 5) is 29.6. The van der Waals surface area contributed by atoms with E-state index < -0.39 is 23.8 Å². The fourth-order valence-electron chi connectivity index (χ4n) is 3.03. The number of methoxy groups -OCH3 is 2. The van der Waals surface area contributed by atoms with Crippen LogP contribution in [0.1, 0.15) is 18.4 Å². The zero-order valence-electron chi connectivity index (χ0n) is 15.1. The molecule has 27 heavy (non-hydrogen) atoms. The van der Waals surface area contributed by atoms with E-state index >= 15 is 0 Å². The monoisotopic (exact) mass is 409 g/mol. The quantitative estimate of drug-likeness (QED) is 0.439. The van der Waals surface area contributed by atoms with Crippen LogP contribution in [0.2, 0.25) is 5.02 Å². The van der Waals surface area contributed by atoms with Crippen LogP contribution in [0, 0.1) is 11.3 Å². The van der Waals surface area contributed by atoms with Crippen molar-refractivity contribution in [3.8, 4) is 0 Å². The molecule has 0 bridgehead atoms. The van der Waals surface area contributed by atoms with Gasteiger partial charge in [-0.3, -0.25) is 15.2 Å². The maximum atomic E-state index is 12.6. The number of carbonyl (C=O) groups excluding carboxylic acids is 2. The van der Waals surface area contributed by atoms with Crippen LogP contribution in [0.15, 0.2) is 40.5 Å². The van der Waals surface area contributed by atoms with Gasteiger partial charge in [0.15, 0.2) is 5.17 Å². The van der Waals surface area contributed by atoms with Crippen molar-refractivity contribution in [3.05, 3.63) is 46.1 Å². The third kappa shape index (κ3) is 4.70. The lowest BCUT2D eigenvalue weighted by molar-refractivity contribution is -0.143. The zero-order valence-corrected chi connectivity index (χ0v) is 16.7. The van der Waals surface area contributed by atoms with Gasteiger partial charge in [-0.2, -0.15) is 0 Å². The van der Waals surface area contributed by atoms with E-state index in [1.807, 2.05) is 0 Å². The van der Waals surface area contributed by atoms with E-state index in [-0.39, 0.29) is 16.5 Å². The van der Waals surface area contributed by atoms with Gasteiger partial charge in [0.05, 0.1) is 25.5 Å². The number of nitrogens with one attached hydrogen (secondary N) is 1. The third-order valence-electron chi connectivity index (χ3n) is 4.15. The largest absolute Gasteiger partial charge is 0.468 e. The second kappa shape index (κ2) is 9.05. The first-order valence-corrected chi connectivity index (χ1v) is 9.33. The van der Waals surface area contributed by atoms with Crippen LogP contribution in [0.25, 0.3) is 0 Å². The van der Waals surface area contributed by atoms with Gasteiger partial charge < -0.3 is 15.2 Å². The Morgan fingerprint density at radius 2 is 2.04 bits per heavy atom. The molecule has 144 valence electrons. The van der Waals surface area contributed by atoms with E-state index in [9.17, 15) is 9.59 Å². The Morgan fingerprint density at radius 1 is 1.33 bits per heavy atom. The summed E-state index contributed by atoms with van der Waals surface area (Å²) in [5.41, 5.74) is 7.23. The van der Waals surface area contributed by atoms with Crippen LogP contribution < -0.4 is 5.73 Å². The minimum Gasteiger partial charge on any atom is -0.468 e. The van der Waals surface area contributed by atoms with Crippen LogP contribution in [-0.4, -0.2) is 42.8 Å². The molecule has 0 aliphatic carbocycles. The number of rotatable bonds is 5. The van der Waals surface area contributed by atoms with Crippen molar-refractivity contribution in [2.45, 2.75) is 12.8 Å². The van der Waals surface area contributed by atoms with Crippen molar-refractivity contribution in [2.75, 3.05) is 20.0 Å². The first kappa shape index (κ1) is 21.0. The topological polar surface area (TPSA) is 115 Å². The van der Waals surface area contributed by atoms with E-state index in [0.29, 0.717) is 22.0 Å². The molecule has 1 aliphatic rings. The molecule has 0 fully saturated rings. The van der Waals surface area contributed by atoms with Crippen molar-refractivity contribution < 1.29 is 19.1 Å². The van der Waals surface area contributed by atoms with Crippen LogP contribution in [-0.2, 0) is 19.1 Å². The number of nitrogens with zero attached hydrogens (tertiary/aromatic N) is 1. The molecule has 0 saturated carbocycles. The number of aliphatic imine (C=N–C) groups is 1. The van der Waals surface area contributed by atoms with Gasteiger partial charge >= 0.3 is 11.9 Å². The van der Waals surface area contributed by atoms with Crippen molar-refractivity contribution >= 4 is 46.2 Å². The molecule has 1 aromatic rings. The number of esters is 2.